The van der Waals surface area contributed by atoms with E-state index in [1.54, 1.807) is 6.08 Å². The number of carbonyl (C=O) groups is 2. The summed E-state index contributed by atoms with van der Waals surface area (Å²) in [4.78, 5) is 29.2. The summed E-state index contributed by atoms with van der Waals surface area (Å²) in [6.07, 6.45) is 7.87. The Bertz CT molecular complexity index is 1000. The number of hydrogen-bond donors (Lipinski definition) is 2. The number of nitrogens with one attached hydrogen (secondary N) is 2. The highest BCUT2D eigenvalue weighted by atomic mass is 16.2. The third-order valence-corrected chi connectivity index (χ3v) is 6.68. The predicted octanol–water partition coefficient (Wildman–Crippen LogP) is 3.85. The fourth-order valence-corrected chi connectivity index (χ4v) is 4.38. The predicted molar refractivity (Wildman–Crippen MR) is 130 cm³/mol. The summed E-state index contributed by atoms with van der Waals surface area (Å²) in [7, 11) is 3.97. The van der Waals surface area contributed by atoms with Gasteiger partial charge in [0, 0.05) is 43.4 Å². The lowest BCUT2D eigenvalue weighted by molar-refractivity contribution is -0.127. The first kappa shape index (κ1) is 23.2. The van der Waals surface area contributed by atoms with Crippen molar-refractivity contribution in [2.24, 2.45) is 0 Å². The quantitative estimate of drug-likeness (QED) is 0.600. The molecule has 2 fully saturated rings. The number of amides is 2. The van der Waals surface area contributed by atoms with Crippen LogP contribution in [0, 0.1) is 0 Å². The largest absolute Gasteiger partial charge is 0.339 e. The number of likely N-dealkylation sites (N-methyl/N-ethyl adjacent to an activating group) is 1. The van der Waals surface area contributed by atoms with Gasteiger partial charge in [-0.2, -0.15) is 5.10 Å². The summed E-state index contributed by atoms with van der Waals surface area (Å²) < 4.78 is 0. The molecule has 2 heterocycles. The molecule has 33 heavy (non-hydrogen) atoms. The average molecular weight is 450 g/mol. The normalized spacial score (nSPS) is 18.1. The summed E-state index contributed by atoms with van der Waals surface area (Å²) in [6, 6.07) is 10.3. The molecule has 0 radical (unpaired) electrons. The third-order valence-electron chi connectivity index (χ3n) is 6.68. The molecule has 2 N–H and O–H groups in total. The zero-order valence-corrected chi connectivity index (χ0v) is 19.9. The molecule has 1 unspecified atom stereocenters. The van der Waals surface area contributed by atoms with Gasteiger partial charge in [0.05, 0.1) is 5.92 Å². The molecule has 1 atom stereocenters. The van der Waals surface area contributed by atoms with Gasteiger partial charge in [-0.3, -0.25) is 14.7 Å². The number of rotatable bonds is 8. The lowest BCUT2D eigenvalue weighted by atomic mass is 9.87. The molecule has 2 amide bonds. The van der Waals surface area contributed by atoms with Crippen LogP contribution in [0.1, 0.15) is 67.2 Å². The fourth-order valence-electron chi connectivity index (χ4n) is 4.38. The molecular weight excluding hydrogens is 414 g/mol. The van der Waals surface area contributed by atoms with E-state index in [9.17, 15) is 9.59 Å². The summed E-state index contributed by atoms with van der Waals surface area (Å²) in [5.41, 5.74) is 3.37. The monoisotopic (exact) mass is 449 g/mol. The van der Waals surface area contributed by atoms with Crippen LogP contribution in [0.15, 0.2) is 42.5 Å². The van der Waals surface area contributed by atoms with Crippen molar-refractivity contribution in [1.29, 1.82) is 0 Å². The highest BCUT2D eigenvalue weighted by molar-refractivity contribution is 5.94. The van der Waals surface area contributed by atoms with Gasteiger partial charge in [-0.25, -0.2) is 0 Å². The Morgan fingerprint density at radius 1 is 1.18 bits per heavy atom. The standard InChI is InChI=1S/C26H35N5O2/c1-18(26(33)27-24-17-23(28-29-24)20-9-10-20)21-6-4-7-22(16-21)19-11-14-31(15-12-19)25(32)8-5-13-30(2)3/h4-8,16-20H,9-15H2,1-3H3,(H2,27,28,29,33). The van der Waals surface area contributed by atoms with Gasteiger partial charge in [0.1, 0.15) is 0 Å². The summed E-state index contributed by atoms with van der Waals surface area (Å²) in [6.45, 7) is 4.23. The van der Waals surface area contributed by atoms with Crippen molar-refractivity contribution in [1.82, 2.24) is 20.0 Å². The topological polar surface area (TPSA) is 81.3 Å². The minimum atomic E-state index is -0.269. The molecule has 0 spiro atoms. The second-order valence-electron chi connectivity index (χ2n) is 9.63. The number of piperidine rings is 1. The first-order valence-corrected chi connectivity index (χ1v) is 12.0. The average Bonchev–Trinajstić information content (AvgIpc) is 3.57. The maximum Gasteiger partial charge on any atom is 0.246 e. The molecule has 4 rings (SSSR count). The van der Waals surface area contributed by atoms with Crippen molar-refractivity contribution in [2.45, 2.75) is 50.4 Å². The van der Waals surface area contributed by atoms with E-state index in [-0.39, 0.29) is 17.7 Å². The van der Waals surface area contributed by atoms with Gasteiger partial charge in [0.2, 0.25) is 11.8 Å². The van der Waals surface area contributed by atoms with Crippen LogP contribution in [0.2, 0.25) is 0 Å². The minimum Gasteiger partial charge on any atom is -0.339 e. The maximum absolute atomic E-state index is 12.8. The molecule has 0 bridgehead atoms. The van der Waals surface area contributed by atoms with E-state index in [1.165, 1.54) is 18.4 Å². The molecule has 1 saturated heterocycles. The van der Waals surface area contributed by atoms with Crippen molar-refractivity contribution >= 4 is 17.6 Å². The van der Waals surface area contributed by atoms with E-state index in [4.69, 9.17) is 0 Å². The number of anilines is 1. The van der Waals surface area contributed by atoms with E-state index < -0.39 is 0 Å². The van der Waals surface area contributed by atoms with Crippen LogP contribution in [0.4, 0.5) is 5.82 Å². The molecule has 7 heteroatoms. The van der Waals surface area contributed by atoms with Gasteiger partial charge in [-0.05, 0) is 63.7 Å². The van der Waals surface area contributed by atoms with Gasteiger partial charge >= 0.3 is 0 Å². The molecule has 176 valence electrons. The van der Waals surface area contributed by atoms with E-state index in [0.29, 0.717) is 17.7 Å². The van der Waals surface area contributed by atoms with Crippen molar-refractivity contribution in [3.8, 4) is 0 Å². The Morgan fingerprint density at radius 2 is 1.94 bits per heavy atom. The molecule has 7 nitrogen and oxygen atoms in total. The number of likely N-dealkylation sites (tertiary alicyclic amines) is 1. The van der Waals surface area contributed by atoms with Crippen molar-refractivity contribution in [3.63, 3.8) is 0 Å². The van der Waals surface area contributed by atoms with E-state index >= 15 is 0 Å². The fraction of sp³-hybridized carbons (Fsp3) is 0.500. The molecule has 1 aliphatic carbocycles. The van der Waals surface area contributed by atoms with Crippen LogP contribution in [-0.2, 0) is 9.59 Å². The van der Waals surface area contributed by atoms with Crippen LogP contribution in [0.5, 0.6) is 0 Å². The number of nitrogens with zero attached hydrogens (tertiary/aromatic N) is 3. The molecule has 2 aromatic rings. The molecule has 1 aliphatic heterocycles. The van der Waals surface area contributed by atoms with Crippen molar-refractivity contribution in [2.75, 3.05) is 39.0 Å². The highest BCUT2D eigenvalue weighted by Gasteiger charge is 2.27. The molecule has 1 saturated carbocycles. The smallest absolute Gasteiger partial charge is 0.246 e. The Kier molecular flexibility index (Phi) is 7.28. The van der Waals surface area contributed by atoms with E-state index in [2.05, 4.69) is 27.6 Å². The van der Waals surface area contributed by atoms with Gasteiger partial charge in [-0.1, -0.05) is 30.3 Å². The number of carbonyl (C=O) groups excluding carboxylic acids is 2. The molecular formula is C26H35N5O2. The lowest BCUT2D eigenvalue weighted by Gasteiger charge is -2.32. The van der Waals surface area contributed by atoms with Gasteiger partial charge in [-0.15, -0.1) is 0 Å². The zero-order chi connectivity index (χ0) is 23.4. The first-order valence-electron chi connectivity index (χ1n) is 12.0. The Labute approximate surface area is 196 Å². The maximum atomic E-state index is 12.8. The Morgan fingerprint density at radius 3 is 2.64 bits per heavy atom. The molecule has 1 aromatic carbocycles. The van der Waals surface area contributed by atoms with Crippen LogP contribution < -0.4 is 5.32 Å². The van der Waals surface area contributed by atoms with Gasteiger partial charge < -0.3 is 15.1 Å². The van der Waals surface area contributed by atoms with Crippen LogP contribution in [-0.4, -0.2) is 65.5 Å². The van der Waals surface area contributed by atoms with Crippen LogP contribution in [0.3, 0.4) is 0 Å². The second kappa shape index (κ2) is 10.3. The van der Waals surface area contributed by atoms with Crippen LogP contribution in [0.25, 0.3) is 0 Å². The first-order chi connectivity index (χ1) is 15.9. The summed E-state index contributed by atoms with van der Waals surface area (Å²) in [5, 5.41) is 10.2. The Balaban J connectivity index is 1.32. The SMILES string of the molecule is CC(C(=O)Nc1cc(C2CC2)[nH]n1)c1cccc(C2CCN(C(=O)C=CCN(C)C)CC2)c1. The lowest BCUT2D eigenvalue weighted by Crippen LogP contribution is -2.37. The Hall–Kier alpha value is -2.93. The number of aromatic amines is 1. The number of H-pyrrole nitrogens is 1. The minimum absolute atomic E-state index is 0.0501. The zero-order valence-electron chi connectivity index (χ0n) is 19.9. The number of benzene rings is 1. The highest BCUT2D eigenvalue weighted by Crippen LogP contribution is 2.39. The van der Waals surface area contributed by atoms with E-state index in [0.717, 1.165) is 43.7 Å². The van der Waals surface area contributed by atoms with Gasteiger partial charge in [0.25, 0.3) is 0 Å². The van der Waals surface area contributed by atoms with Gasteiger partial charge in [0.15, 0.2) is 5.82 Å². The number of hydrogen-bond acceptors (Lipinski definition) is 4. The second-order valence-corrected chi connectivity index (χ2v) is 9.63. The van der Waals surface area contributed by atoms with Crippen molar-refractivity contribution in [3.05, 3.63) is 59.3 Å². The summed E-state index contributed by atoms with van der Waals surface area (Å²) >= 11 is 0. The van der Waals surface area contributed by atoms with Crippen LogP contribution >= 0.6 is 0 Å². The third kappa shape index (κ3) is 6.11. The number of aromatic nitrogens is 2. The molecule has 2 aliphatic rings. The summed E-state index contributed by atoms with van der Waals surface area (Å²) in [5.74, 6) is 1.36. The van der Waals surface area contributed by atoms with E-state index in [1.807, 2.05) is 55.1 Å². The van der Waals surface area contributed by atoms with Crippen molar-refractivity contribution < 1.29 is 9.59 Å². The molecule has 1 aromatic heterocycles.